The van der Waals surface area contributed by atoms with Crippen LogP contribution >= 0.6 is 0 Å². The number of nitrogens with two attached hydrogens (primary N) is 1. The Bertz CT molecular complexity index is 84.3. The first-order valence-electron chi connectivity index (χ1n) is 2.76. The van der Waals surface area contributed by atoms with Crippen molar-refractivity contribution in [1.82, 2.24) is 0 Å². The molecule has 0 aromatic heterocycles. The summed E-state index contributed by atoms with van der Waals surface area (Å²) in [6.45, 7) is 0.840. The molecule has 5 N–H and O–H groups in total. The van der Waals surface area contributed by atoms with Crippen LogP contribution in [0, 0.1) is 0 Å². The summed E-state index contributed by atoms with van der Waals surface area (Å²) in [5, 5.41) is 26.2. The van der Waals surface area contributed by atoms with Crippen molar-refractivity contribution in [3.8, 4) is 0 Å². The molecule has 4 nitrogen and oxygen atoms in total. The van der Waals surface area contributed by atoms with Crippen molar-refractivity contribution in [3.05, 3.63) is 0 Å². The Kier molecular flexibility index (Phi) is 3.07. The van der Waals surface area contributed by atoms with Gasteiger partial charge in [0, 0.05) is 6.54 Å². The molecule has 0 rings (SSSR count). The van der Waals surface area contributed by atoms with E-state index in [1.165, 1.54) is 6.92 Å². The largest absolute Gasteiger partial charge is 0.394 e. The quantitative estimate of drug-likeness (QED) is 0.362. The molecule has 0 aliphatic carbocycles. The van der Waals surface area contributed by atoms with E-state index in [0.29, 0.717) is 0 Å². The van der Waals surface area contributed by atoms with Gasteiger partial charge in [0.1, 0.15) is 11.7 Å². The number of aliphatic hydroxyl groups is 3. The van der Waals surface area contributed by atoms with E-state index in [4.69, 9.17) is 21.1 Å². The number of aliphatic hydroxyl groups excluding tert-OH is 2. The zero-order valence-electron chi connectivity index (χ0n) is 5.41. The summed E-state index contributed by atoms with van der Waals surface area (Å²) in [6, 6.07) is 0. The summed E-state index contributed by atoms with van der Waals surface area (Å²) in [5.41, 5.74) is 3.70. The Morgan fingerprint density at radius 3 is 2.22 bits per heavy atom. The Labute approximate surface area is 53.9 Å². The standard InChI is InChI=1S/C5H13NO3/c1-5(9,3-6)4(8)2-7/h4,7-9H,2-3,6H2,1H3/t4-,5+/m1/s1. The second-order valence-corrected chi connectivity index (χ2v) is 2.26. The highest BCUT2D eigenvalue weighted by Gasteiger charge is 2.27. The summed E-state index contributed by atoms with van der Waals surface area (Å²) in [5.74, 6) is 0. The van der Waals surface area contributed by atoms with E-state index in [0.717, 1.165) is 0 Å². The molecule has 0 radical (unpaired) electrons. The third kappa shape index (κ3) is 2.28. The minimum atomic E-state index is -1.37. The van der Waals surface area contributed by atoms with Crippen LogP contribution in [-0.2, 0) is 0 Å². The molecule has 0 saturated heterocycles. The van der Waals surface area contributed by atoms with Crippen LogP contribution in [0.3, 0.4) is 0 Å². The third-order valence-corrected chi connectivity index (χ3v) is 1.30. The number of hydrogen-bond acceptors (Lipinski definition) is 4. The molecule has 4 heteroatoms. The number of rotatable bonds is 3. The summed E-state index contributed by atoms with van der Waals surface area (Å²) in [7, 11) is 0. The monoisotopic (exact) mass is 135 g/mol. The van der Waals surface area contributed by atoms with Gasteiger partial charge in [0.25, 0.3) is 0 Å². The molecule has 0 aliphatic rings. The van der Waals surface area contributed by atoms with Crippen LogP contribution in [0.4, 0.5) is 0 Å². The highest BCUT2D eigenvalue weighted by molar-refractivity contribution is 4.81. The molecular formula is C5H13NO3. The highest BCUT2D eigenvalue weighted by atomic mass is 16.4. The molecule has 0 unspecified atom stereocenters. The first-order valence-corrected chi connectivity index (χ1v) is 2.76. The first kappa shape index (κ1) is 8.84. The highest BCUT2D eigenvalue weighted by Crippen LogP contribution is 2.05. The second-order valence-electron chi connectivity index (χ2n) is 2.26. The molecule has 0 amide bonds. The topological polar surface area (TPSA) is 86.7 Å². The lowest BCUT2D eigenvalue weighted by Crippen LogP contribution is -2.47. The molecule has 0 saturated carbocycles. The van der Waals surface area contributed by atoms with Crippen molar-refractivity contribution in [2.75, 3.05) is 13.2 Å². The minimum Gasteiger partial charge on any atom is -0.394 e. The minimum absolute atomic E-state index is 0.0608. The van der Waals surface area contributed by atoms with E-state index in [9.17, 15) is 0 Å². The van der Waals surface area contributed by atoms with Gasteiger partial charge in [-0.05, 0) is 6.92 Å². The molecule has 9 heavy (non-hydrogen) atoms. The van der Waals surface area contributed by atoms with Crippen molar-refractivity contribution >= 4 is 0 Å². The lowest BCUT2D eigenvalue weighted by Gasteiger charge is -2.25. The van der Waals surface area contributed by atoms with E-state index in [-0.39, 0.29) is 6.54 Å². The van der Waals surface area contributed by atoms with Crippen LogP contribution < -0.4 is 5.73 Å². The Balaban J connectivity index is 3.80. The fourth-order valence-electron chi connectivity index (χ4n) is 0.333. The maximum absolute atomic E-state index is 9.06. The van der Waals surface area contributed by atoms with Crippen LogP contribution in [-0.4, -0.2) is 40.2 Å². The van der Waals surface area contributed by atoms with Gasteiger partial charge in [-0.2, -0.15) is 0 Å². The molecule has 0 fully saturated rings. The molecule has 56 valence electrons. The van der Waals surface area contributed by atoms with Crippen LogP contribution in [0.25, 0.3) is 0 Å². The Morgan fingerprint density at radius 2 is 2.11 bits per heavy atom. The average molecular weight is 135 g/mol. The zero-order valence-corrected chi connectivity index (χ0v) is 5.41. The lowest BCUT2D eigenvalue weighted by atomic mass is 10.0. The maximum atomic E-state index is 9.06. The van der Waals surface area contributed by atoms with Gasteiger partial charge >= 0.3 is 0 Å². The molecule has 2 atom stereocenters. The van der Waals surface area contributed by atoms with Crippen molar-refractivity contribution in [3.63, 3.8) is 0 Å². The fourth-order valence-corrected chi connectivity index (χ4v) is 0.333. The summed E-state index contributed by atoms with van der Waals surface area (Å²) in [4.78, 5) is 0. The summed E-state index contributed by atoms with van der Waals surface area (Å²) >= 11 is 0. The van der Waals surface area contributed by atoms with Crippen molar-refractivity contribution in [2.24, 2.45) is 5.73 Å². The zero-order chi connectivity index (χ0) is 7.49. The predicted molar refractivity (Wildman–Crippen MR) is 32.8 cm³/mol. The Hall–Kier alpha value is -0.160. The SMILES string of the molecule is C[C@](O)(CN)[C@H](O)CO. The van der Waals surface area contributed by atoms with Gasteiger partial charge in [0.2, 0.25) is 0 Å². The first-order chi connectivity index (χ1) is 4.04. The van der Waals surface area contributed by atoms with Crippen molar-refractivity contribution in [2.45, 2.75) is 18.6 Å². The lowest BCUT2D eigenvalue weighted by molar-refractivity contribution is -0.0764. The van der Waals surface area contributed by atoms with Gasteiger partial charge in [-0.3, -0.25) is 0 Å². The summed E-state index contributed by atoms with van der Waals surface area (Å²) < 4.78 is 0. The Morgan fingerprint density at radius 1 is 1.67 bits per heavy atom. The van der Waals surface area contributed by atoms with Crippen LogP contribution in [0.2, 0.25) is 0 Å². The van der Waals surface area contributed by atoms with Gasteiger partial charge in [-0.15, -0.1) is 0 Å². The van der Waals surface area contributed by atoms with Gasteiger partial charge in [0.15, 0.2) is 0 Å². The molecule has 0 spiro atoms. The van der Waals surface area contributed by atoms with E-state index in [2.05, 4.69) is 0 Å². The molecule has 0 aromatic carbocycles. The van der Waals surface area contributed by atoms with Gasteiger partial charge in [-0.25, -0.2) is 0 Å². The van der Waals surface area contributed by atoms with Crippen LogP contribution in [0.1, 0.15) is 6.92 Å². The van der Waals surface area contributed by atoms with Gasteiger partial charge < -0.3 is 21.1 Å². The molecule has 0 aromatic rings. The van der Waals surface area contributed by atoms with Gasteiger partial charge in [-0.1, -0.05) is 0 Å². The van der Waals surface area contributed by atoms with E-state index in [1.807, 2.05) is 0 Å². The summed E-state index contributed by atoms with van der Waals surface area (Å²) in [6.07, 6.45) is -1.15. The molecule has 0 bridgehead atoms. The van der Waals surface area contributed by atoms with Crippen LogP contribution in [0.5, 0.6) is 0 Å². The third-order valence-electron chi connectivity index (χ3n) is 1.30. The second kappa shape index (κ2) is 3.12. The van der Waals surface area contributed by atoms with Crippen molar-refractivity contribution < 1.29 is 15.3 Å². The molecule has 0 heterocycles. The fraction of sp³-hybridized carbons (Fsp3) is 1.00. The van der Waals surface area contributed by atoms with Crippen LogP contribution in [0.15, 0.2) is 0 Å². The average Bonchev–Trinajstić information content (AvgIpc) is 1.86. The number of hydrogen-bond donors (Lipinski definition) is 4. The molecular weight excluding hydrogens is 122 g/mol. The smallest absolute Gasteiger partial charge is 0.107 e. The van der Waals surface area contributed by atoms with E-state index in [1.54, 1.807) is 0 Å². The van der Waals surface area contributed by atoms with Gasteiger partial charge in [0.05, 0.1) is 6.61 Å². The predicted octanol–water partition coefficient (Wildman–Crippen LogP) is -1.95. The maximum Gasteiger partial charge on any atom is 0.107 e. The van der Waals surface area contributed by atoms with E-state index >= 15 is 0 Å². The normalized spacial score (nSPS) is 21.0. The van der Waals surface area contributed by atoms with E-state index < -0.39 is 18.3 Å². The molecule has 0 aliphatic heterocycles. The van der Waals surface area contributed by atoms with Crippen molar-refractivity contribution in [1.29, 1.82) is 0 Å².